The number of alkyl halides is 2. The fraction of sp³-hybridized carbons (Fsp3) is 0.174. The zero-order valence-corrected chi connectivity index (χ0v) is 21.2. The fourth-order valence-corrected chi connectivity index (χ4v) is 5.17. The largest absolute Gasteiger partial charge is 0.481 e. The van der Waals surface area contributed by atoms with E-state index < -0.39 is 28.0 Å². The number of nitrogens with zero attached hydrogens (tertiary/aromatic N) is 1. The first-order valence-corrected chi connectivity index (χ1v) is 11.7. The Labute approximate surface area is 220 Å². The molecule has 3 aromatic rings. The van der Waals surface area contributed by atoms with Gasteiger partial charge in [0.2, 0.25) is 11.8 Å². The van der Waals surface area contributed by atoms with E-state index in [2.05, 4.69) is 15.6 Å². The lowest BCUT2D eigenvalue weighted by atomic mass is 10.1. The summed E-state index contributed by atoms with van der Waals surface area (Å²) in [6.07, 6.45) is 1.45. The van der Waals surface area contributed by atoms with Crippen molar-refractivity contribution < 1.29 is 14.3 Å². The molecule has 1 heterocycles. The van der Waals surface area contributed by atoms with Crippen molar-refractivity contribution in [2.45, 2.75) is 10.3 Å². The highest BCUT2D eigenvalue weighted by Gasteiger charge is 2.67. The van der Waals surface area contributed by atoms with Crippen LogP contribution in [-0.2, 0) is 4.79 Å². The van der Waals surface area contributed by atoms with Crippen LogP contribution in [-0.4, -0.2) is 28.2 Å². The number of ether oxygens (including phenoxy) is 1. The Bertz CT molecular complexity index is 1250. The molecule has 2 aromatic carbocycles. The third-order valence-electron chi connectivity index (χ3n) is 5.26. The number of carbonyl (C=O) groups excluding carboxylic acids is 2. The molecule has 0 aliphatic heterocycles. The summed E-state index contributed by atoms with van der Waals surface area (Å²) in [6.45, 7) is 0. The summed E-state index contributed by atoms with van der Waals surface area (Å²) in [4.78, 5) is 29.7. The first-order chi connectivity index (χ1) is 16.1. The lowest BCUT2D eigenvalue weighted by Gasteiger charge is -2.10. The molecule has 11 heteroatoms. The van der Waals surface area contributed by atoms with Gasteiger partial charge in [0.15, 0.2) is 0 Å². The molecule has 2 atom stereocenters. The monoisotopic (exact) mass is 557 g/mol. The maximum Gasteiger partial charge on any atom is 0.257 e. The van der Waals surface area contributed by atoms with Crippen LogP contribution < -0.4 is 15.4 Å². The summed E-state index contributed by atoms with van der Waals surface area (Å²) >= 11 is 31.2. The summed E-state index contributed by atoms with van der Waals surface area (Å²) in [5, 5.41) is 6.48. The van der Waals surface area contributed by atoms with E-state index in [1.165, 1.54) is 25.4 Å². The van der Waals surface area contributed by atoms with Gasteiger partial charge in [-0.2, -0.15) is 0 Å². The van der Waals surface area contributed by atoms with Gasteiger partial charge in [0.05, 0.1) is 35.5 Å². The van der Waals surface area contributed by atoms with Crippen LogP contribution in [0.2, 0.25) is 15.1 Å². The summed E-state index contributed by atoms with van der Waals surface area (Å²) in [6, 6.07) is 12.7. The SMILES string of the molecule is COc1ccc(NC(=O)c2cc(NC(=O)[C@H]3[C@H](c4cc(Cl)cc(Cl)c4)C3(Cl)Cl)ccc2Cl)cn1. The Balaban J connectivity index is 1.49. The van der Waals surface area contributed by atoms with E-state index in [1.54, 1.807) is 36.4 Å². The van der Waals surface area contributed by atoms with E-state index in [-0.39, 0.29) is 10.6 Å². The van der Waals surface area contributed by atoms with Crippen LogP contribution in [0.25, 0.3) is 0 Å². The lowest BCUT2D eigenvalue weighted by molar-refractivity contribution is -0.117. The number of rotatable bonds is 6. The second-order valence-corrected chi connectivity index (χ2v) is 10.3. The van der Waals surface area contributed by atoms with Crippen LogP contribution in [0, 0.1) is 5.92 Å². The van der Waals surface area contributed by atoms with Crippen LogP contribution >= 0.6 is 58.0 Å². The Kier molecular flexibility index (Phi) is 7.17. The van der Waals surface area contributed by atoms with Crippen molar-refractivity contribution in [3.63, 3.8) is 0 Å². The first kappa shape index (κ1) is 24.9. The maximum absolute atomic E-state index is 13.0. The average Bonchev–Trinajstić information content (AvgIpc) is 3.37. The van der Waals surface area contributed by atoms with Gasteiger partial charge in [-0.25, -0.2) is 4.98 Å². The van der Waals surface area contributed by atoms with E-state index in [9.17, 15) is 9.59 Å². The summed E-state index contributed by atoms with van der Waals surface area (Å²) in [5.41, 5.74) is 1.62. The summed E-state index contributed by atoms with van der Waals surface area (Å²) in [5.74, 6) is -1.73. The number of nitrogens with one attached hydrogen (secondary N) is 2. The predicted molar refractivity (Wildman–Crippen MR) is 136 cm³/mol. The third-order valence-corrected chi connectivity index (χ3v) is 6.97. The predicted octanol–water partition coefficient (Wildman–Crippen LogP) is 6.83. The number of hydrogen-bond donors (Lipinski definition) is 2. The maximum atomic E-state index is 13.0. The average molecular weight is 560 g/mol. The van der Waals surface area contributed by atoms with Crippen molar-refractivity contribution in [1.82, 2.24) is 4.98 Å². The molecule has 6 nitrogen and oxygen atoms in total. The van der Waals surface area contributed by atoms with Crippen LogP contribution in [0.15, 0.2) is 54.7 Å². The lowest BCUT2D eigenvalue weighted by Crippen LogP contribution is -2.18. The van der Waals surface area contributed by atoms with E-state index in [0.717, 1.165) is 0 Å². The molecule has 0 bridgehead atoms. The van der Waals surface area contributed by atoms with Gasteiger partial charge < -0.3 is 15.4 Å². The van der Waals surface area contributed by atoms with Crippen molar-refractivity contribution in [2.24, 2.45) is 5.92 Å². The number of benzene rings is 2. The normalized spacial score (nSPS) is 18.2. The zero-order valence-electron chi connectivity index (χ0n) is 17.4. The van der Waals surface area contributed by atoms with Crippen LogP contribution in [0.1, 0.15) is 21.8 Å². The number of amides is 2. The highest BCUT2D eigenvalue weighted by atomic mass is 35.5. The van der Waals surface area contributed by atoms with Gasteiger partial charge in [0, 0.05) is 27.7 Å². The Morgan fingerprint density at radius 3 is 2.24 bits per heavy atom. The molecule has 0 spiro atoms. The van der Waals surface area contributed by atoms with Crippen molar-refractivity contribution in [1.29, 1.82) is 0 Å². The third kappa shape index (κ3) is 5.21. The molecule has 0 unspecified atom stereocenters. The Morgan fingerprint density at radius 1 is 0.941 bits per heavy atom. The number of carbonyl (C=O) groups is 2. The number of methoxy groups -OCH3 is 1. The number of anilines is 2. The standard InChI is InChI=1S/C23H16Cl5N3O3/c1-34-18-5-3-15(10-29-18)31-21(32)16-9-14(2-4-17(16)26)30-22(33)20-19(23(20,27)28)11-6-12(24)8-13(25)7-11/h2-10,19-20H,1H3,(H,30,33)(H,31,32)/t19-,20+/m0/s1. The molecule has 2 amide bonds. The molecule has 1 fully saturated rings. The van der Waals surface area contributed by atoms with Gasteiger partial charge in [0.1, 0.15) is 4.33 Å². The molecule has 176 valence electrons. The molecule has 1 aromatic heterocycles. The fourth-order valence-electron chi connectivity index (χ4n) is 3.59. The first-order valence-electron chi connectivity index (χ1n) is 9.85. The molecular formula is C23H16Cl5N3O3. The van der Waals surface area contributed by atoms with Gasteiger partial charge >= 0.3 is 0 Å². The minimum absolute atomic E-state index is 0.160. The van der Waals surface area contributed by atoms with E-state index in [0.29, 0.717) is 32.9 Å². The summed E-state index contributed by atoms with van der Waals surface area (Å²) in [7, 11) is 1.49. The second kappa shape index (κ2) is 9.80. The topological polar surface area (TPSA) is 80.3 Å². The minimum atomic E-state index is -1.33. The van der Waals surface area contributed by atoms with Gasteiger partial charge in [-0.15, -0.1) is 23.2 Å². The molecule has 4 rings (SSSR count). The zero-order chi connectivity index (χ0) is 24.6. The molecule has 1 saturated carbocycles. The van der Waals surface area contributed by atoms with Crippen molar-refractivity contribution >= 4 is 81.2 Å². The van der Waals surface area contributed by atoms with E-state index in [1.807, 2.05) is 0 Å². The van der Waals surface area contributed by atoms with Gasteiger partial charge in [-0.05, 0) is 48.0 Å². The quantitative estimate of drug-likeness (QED) is 0.325. The Hall–Kier alpha value is -2.22. The number of pyridine rings is 1. The van der Waals surface area contributed by atoms with Crippen molar-refractivity contribution in [3.8, 4) is 5.88 Å². The smallest absolute Gasteiger partial charge is 0.257 e. The van der Waals surface area contributed by atoms with Crippen molar-refractivity contribution in [3.05, 3.63) is 80.9 Å². The highest BCUT2D eigenvalue weighted by Crippen LogP contribution is 2.65. The number of hydrogen-bond acceptors (Lipinski definition) is 4. The number of aromatic nitrogens is 1. The van der Waals surface area contributed by atoms with Gasteiger partial charge in [-0.3, -0.25) is 9.59 Å². The minimum Gasteiger partial charge on any atom is -0.481 e. The molecule has 34 heavy (non-hydrogen) atoms. The molecular weight excluding hydrogens is 544 g/mol. The van der Waals surface area contributed by atoms with E-state index in [4.69, 9.17) is 62.7 Å². The van der Waals surface area contributed by atoms with E-state index >= 15 is 0 Å². The molecule has 1 aliphatic carbocycles. The highest BCUT2D eigenvalue weighted by molar-refractivity contribution is 6.53. The van der Waals surface area contributed by atoms with Crippen molar-refractivity contribution in [2.75, 3.05) is 17.7 Å². The van der Waals surface area contributed by atoms with Crippen LogP contribution in [0.4, 0.5) is 11.4 Å². The number of halogens is 5. The molecule has 2 N–H and O–H groups in total. The van der Waals surface area contributed by atoms with Crippen LogP contribution in [0.5, 0.6) is 5.88 Å². The molecule has 1 aliphatic rings. The van der Waals surface area contributed by atoms with Gasteiger partial charge in [0.25, 0.3) is 5.91 Å². The second-order valence-electron chi connectivity index (χ2n) is 7.56. The van der Waals surface area contributed by atoms with Crippen LogP contribution in [0.3, 0.4) is 0 Å². The molecule has 0 radical (unpaired) electrons. The Morgan fingerprint density at radius 2 is 1.62 bits per heavy atom. The summed E-state index contributed by atoms with van der Waals surface area (Å²) < 4.78 is 3.67. The van der Waals surface area contributed by atoms with Gasteiger partial charge in [-0.1, -0.05) is 34.8 Å². The molecule has 0 saturated heterocycles.